The third-order valence-electron chi connectivity index (χ3n) is 4.78. The minimum atomic E-state index is -4.92. The Bertz CT molecular complexity index is 1240. The van der Waals surface area contributed by atoms with Crippen LogP contribution in [0.3, 0.4) is 0 Å². The highest BCUT2D eigenvalue weighted by Crippen LogP contribution is 2.26. The lowest BCUT2D eigenvalue weighted by atomic mass is 10.1. The molecule has 0 aliphatic heterocycles. The number of nitrogens with zero attached hydrogens (tertiary/aromatic N) is 4. The van der Waals surface area contributed by atoms with Gasteiger partial charge in [-0.2, -0.15) is 18.3 Å². The number of Topliss-reactive ketones (excluding diaryl/α,β-unsaturated/α-hetero) is 1. The molecule has 0 atom stereocenters. The van der Waals surface area contributed by atoms with E-state index in [-0.39, 0.29) is 0 Å². The Kier molecular flexibility index (Phi) is 5.11. The van der Waals surface area contributed by atoms with Gasteiger partial charge in [0.05, 0.1) is 22.4 Å². The van der Waals surface area contributed by atoms with E-state index in [0.717, 1.165) is 11.4 Å². The van der Waals surface area contributed by atoms with Crippen LogP contribution in [0.15, 0.2) is 54.7 Å². The van der Waals surface area contributed by atoms with Gasteiger partial charge in [-0.05, 0) is 49.4 Å². The number of benzene rings is 2. The molecule has 0 saturated heterocycles. The summed E-state index contributed by atoms with van der Waals surface area (Å²) in [6.45, 7) is 2.50. The molecule has 2 aromatic heterocycles. The average molecular weight is 433 g/mol. The summed E-state index contributed by atoms with van der Waals surface area (Å²) in [6.07, 6.45) is -2.86. The van der Waals surface area contributed by atoms with Gasteiger partial charge in [0, 0.05) is 29.7 Å². The number of fused-ring (bicyclic) bond motifs is 1. The second kappa shape index (κ2) is 7.60. The predicted octanol–water partition coefficient (Wildman–Crippen LogP) is 5.23. The van der Waals surface area contributed by atoms with E-state index in [1.54, 1.807) is 23.0 Å². The Balaban J connectivity index is 1.74. The van der Waals surface area contributed by atoms with Crippen LogP contribution in [0.2, 0.25) is 5.02 Å². The van der Waals surface area contributed by atoms with Crippen molar-refractivity contribution < 1.29 is 18.0 Å². The van der Waals surface area contributed by atoms with Crippen LogP contribution < -0.4 is 0 Å². The molecule has 4 rings (SSSR count). The van der Waals surface area contributed by atoms with Crippen molar-refractivity contribution in [2.75, 3.05) is 0 Å². The van der Waals surface area contributed by atoms with Crippen LogP contribution >= 0.6 is 11.6 Å². The van der Waals surface area contributed by atoms with E-state index in [0.29, 0.717) is 34.8 Å². The molecule has 0 aliphatic rings. The fourth-order valence-corrected chi connectivity index (χ4v) is 3.62. The second-order valence-electron chi connectivity index (χ2n) is 6.69. The predicted molar refractivity (Wildman–Crippen MR) is 107 cm³/mol. The fraction of sp³-hybridized carbons (Fsp3) is 0.190. The topological polar surface area (TPSA) is 52.7 Å². The van der Waals surface area contributed by atoms with Crippen molar-refractivity contribution in [3.05, 3.63) is 76.8 Å². The quantitative estimate of drug-likeness (QED) is 0.406. The van der Waals surface area contributed by atoms with Gasteiger partial charge < -0.3 is 4.57 Å². The van der Waals surface area contributed by atoms with Gasteiger partial charge in [-0.3, -0.25) is 4.79 Å². The van der Waals surface area contributed by atoms with E-state index >= 15 is 0 Å². The molecule has 0 unspecified atom stereocenters. The summed E-state index contributed by atoms with van der Waals surface area (Å²) in [5.41, 5.74) is 2.22. The number of hydrogen-bond acceptors (Lipinski definition) is 3. The van der Waals surface area contributed by atoms with Crippen molar-refractivity contribution in [2.24, 2.45) is 0 Å². The van der Waals surface area contributed by atoms with Crippen LogP contribution in [0.4, 0.5) is 13.2 Å². The molecule has 154 valence electrons. The third-order valence-corrected chi connectivity index (χ3v) is 5.01. The second-order valence-corrected chi connectivity index (χ2v) is 7.13. The van der Waals surface area contributed by atoms with Crippen LogP contribution in [-0.4, -0.2) is 31.3 Å². The number of carbonyl (C=O) groups excluding carboxylic acids is 1. The minimum absolute atomic E-state index is 0.343. The zero-order valence-corrected chi connectivity index (χ0v) is 16.6. The molecule has 5 nitrogen and oxygen atoms in total. The van der Waals surface area contributed by atoms with Crippen LogP contribution in [0.5, 0.6) is 0 Å². The smallest absolute Gasteiger partial charge is 0.328 e. The van der Waals surface area contributed by atoms with Crippen LogP contribution in [0.1, 0.15) is 28.8 Å². The van der Waals surface area contributed by atoms with E-state index in [9.17, 15) is 18.0 Å². The maximum Gasteiger partial charge on any atom is 0.454 e. The molecule has 0 aliphatic carbocycles. The van der Waals surface area contributed by atoms with Crippen molar-refractivity contribution in [1.29, 1.82) is 0 Å². The molecule has 0 bridgehead atoms. The number of imidazole rings is 1. The zero-order valence-electron chi connectivity index (χ0n) is 15.8. The Morgan fingerprint density at radius 2 is 1.93 bits per heavy atom. The number of aromatic nitrogens is 4. The Morgan fingerprint density at radius 3 is 2.63 bits per heavy atom. The molecule has 9 heteroatoms. The van der Waals surface area contributed by atoms with Crippen LogP contribution in [0.25, 0.3) is 16.7 Å². The summed E-state index contributed by atoms with van der Waals surface area (Å²) in [6, 6.07) is 13.0. The SMILES string of the molecule is CCn1c(Cc2ccnn2-c2cccc(Cl)c2)nc2cc(C(=O)C(F)(F)F)ccc21. The summed E-state index contributed by atoms with van der Waals surface area (Å²) < 4.78 is 42.0. The van der Waals surface area contributed by atoms with Crippen molar-refractivity contribution in [3.8, 4) is 5.69 Å². The van der Waals surface area contributed by atoms with Crippen LogP contribution in [-0.2, 0) is 13.0 Å². The van der Waals surface area contributed by atoms with Gasteiger partial charge in [-0.1, -0.05) is 17.7 Å². The van der Waals surface area contributed by atoms with Crippen molar-refractivity contribution in [2.45, 2.75) is 26.1 Å². The molecule has 2 aromatic carbocycles. The molecular formula is C21H16ClF3N4O. The van der Waals surface area contributed by atoms with Gasteiger partial charge in [0.15, 0.2) is 0 Å². The normalized spacial score (nSPS) is 11.9. The largest absolute Gasteiger partial charge is 0.454 e. The van der Waals surface area contributed by atoms with E-state index in [1.165, 1.54) is 18.2 Å². The van der Waals surface area contributed by atoms with E-state index in [2.05, 4.69) is 10.1 Å². The molecule has 4 aromatic rings. The highest BCUT2D eigenvalue weighted by molar-refractivity contribution is 6.30. The first-order chi connectivity index (χ1) is 14.3. The lowest BCUT2D eigenvalue weighted by Gasteiger charge is -2.09. The fourth-order valence-electron chi connectivity index (χ4n) is 3.44. The highest BCUT2D eigenvalue weighted by Gasteiger charge is 2.39. The molecule has 0 saturated carbocycles. The first-order valence-corrected chi connectivity index (χ1v) is 9.55. The number of aryl methyl sites for hydroxylation is 1. The number of alkyl halides is 3. The molecule has 0 amide bonds. The maximum absolute atomic E-state index is 12.8. The number of hydrogen-bond donors (Lipinski definition) is 0. The van der Waals surface area contributed by atoms with Crippen molar-refractivity contribution in [3.63, 3.8) is 0 Å². The first-order valence-electron chi connectivity index (χ1n) is 9.17. The molecular weight excluding hydrogens is 417 g/mol. The Hall–Kier alpha value is -3.13. The lowest BCUT2D eigenvalue weighted by molar-refractivity contribution is -0.0885. The number of carbonyl (C=O) groups is 1. The summed E-state index contributed by atoms with van der Waals surface area (Å²) in [7, 11) is 0. The van der Waals surface area contributed by atoms with Gasteiger partial charge in [-0.15, -0.1) is 0 Å². The zero-order chi connectivity index (χ0) is 21.5. The van der Waals surface area contributed by atoms with Gasteiger partial charge >= 0.3 is 6.18 Å². The third kappa shape index (κ3) is 3.70. The Labute approximate surface area is 174 Å². The monoisotopic (exact) mass is 432 g/mol. The number of halogens is 4. The van der Waals surface area contributed by atoms with E-state index < -0.39 is 17.5 Å². The first kappa shape index (κ1) is 20.2. The minimum Gasteiger partial charge on any atom is -0.328 e. The molecule has 0 spiro atoms. The maximum atomic E-state index is 12.8. The Morgan fingerprint density at radius 1 is 1.13 bits per heavy atom. The van der Waals surface area contributed by atoms with E-state index in [1.807, 2.05) is 29.7 Å². The highest BCUT2D eigenvalue weighted by atomic mass is 35.5. The van der Waals surface area contributed by atoms with Gasteiger partial charge in [0.2, 0.25) is 0 Å². The summed E-state index contributed by atoms with van der Waals surface area (Å²) in [4.78, 5) is 16.1. The van der Waals surface area contributed by atoms with Crippen molar-refractivity contribution in [1.82, 2.24) is 19.3 Å². The van der Waals surface area contributed by atoms with E-state index in [4.69, 9.17) is 11.6 Å². The van der Waals surface area contributed by atoms with Crippen molar-refractivity contribution >= 4 is 28.4 Å². The summed E-state index contributed by atoms with van der Waals surface area (Å²) in [5, 5.41) is 4.93. The molecule has 0 N–H and O–H groups in total. The average Bonchev–Trinajstić information content (AvgIpc) is 3.30. The van der Waals surface area contributed by atoms with Gasteiger partial charge in [0.25, 0.3) is 5.78 Å². The molecule has 0 radical (unpaired) electrons. The summed E-state index contributed by atoms with van der Waals surface area (Å²) >= 11 is 6.08. The number of rotatable bonds is 5. The number of ketones is 1. The van der Waals surface area contributed by atoms with Crippen LogP contribution in [0, 0.1) is 0 Å². The summed E-state index contributed by atoms with van der Waals surface area (Å²) in [5.74, 6) is -1.22. The molecule has 2 heterocycles. The van der Waals surface area contributed by atoms with Gasteiger partial charge in [-0.25, -0.2) is 9.67 Å². The molecule has 30 heavy (non-hydrogen) atoms. The van der Waals surface area contributed by atoms with Gasteiger partial charge in [0.1, 0.15) is 5.82 Å². The standard InChI is InChI=1S/C21H16ClF3N4O/c1-2-28-18-7-6-13(20(30)21(23,24)25)10-17(18)27-19(28)12-16-8-9-26-29(16)15-5-3-4-14(22)11-15/h3-11H,2,12H2,1H3. The lowest BCUT2D eigenvalue weighted by Crippen LogP contribution is -2.22. The molecule has 0 fully saturated rings.